The number of phenols is 2. The van der Waals surface area contributed by atoms with Crippen LogP contribution in [-0.4, -0.2) is 27.9 Å². The van der Waals surface area contributed by atoms with E-state index in [-0.39, 0.29) is 28.4 Å². The monoisotopic (exact) mass is 250 g/mol. The molecule has 18 heavy (non-hydrogen) atoms. The van der Waals surface area contributed by atoms with E-state index in [4.69, 9.17) is 4.74 Å². The van der Waals surface area contributed by atoms with Crippen LogP contribution in [0, 0.1) is 5.92 Å². The third-order valence-electron chi connectivity index (χ3n) is 2.93. The highest BCUT2D eigenvalue weighted by molar-refractivity contribution is 6.12. The average Bonchev–Trinajstić information content (AvgIpc) is 2.54. The molecule has 1 aliphatic heterocycles. The summed E-state index contributed by atoms with van der Waals surface area (Å²) < 4.78 is 5.20. The number of hydrogen-bond donors (Lipinski definition) is 2. The van der Waals surface area contributed by atoms with Crippen molar-refractivity contribution in [1.82, 2.24) is 0 Å². The van der Waals surface area contributed by atoms with Crippen LogP contribution in [0.5, 0.6) is 17.2 Å². The Bertz CT molecular complexity index is 545. The van der Waals surface area contributed by atoms with Crippen LogP contribution in [0.15, 0.2) is 6.07 Å². The Morgan fingerprint density at radius 2 is 2.00 bits per heavy atom. The molecule has 2 rings (SSSR count). The minimum absolute atomic E-state index is 0.0238. The summed E-state index contributed by atoms with van der Waals surface area (Å²) in [5, 5.41) is 19.8. The predicted molar refractivity (Wildman–Crippen MR) is 63.4 cm³/mol. The summed E-state index contributed by atoms with van der Waals surface area (Å²) in [4.78, 5) is 23.7. The summed E-state index contributed by atoms with van der Waals surface area (Å²) in [6.45, 7) is 4.84. The van der Waals surface area contributed by atoms with E-state index in [0.29, 0.717) is 0 Å². The second-order valence-electron chi connectivity index (χ2n) is 4.64. The number of hydrogen-bond acceptors (Lipinski definition) is 5. The number of rotatable bonds is 2. The van der Waals surface area contributed by atoms with Crippen molar-refractivity contribution in [2.24, 2.45) is 5.92 Å². The first-order chi connectivity index (χ1) is 8.34. The second kappa shape index (κ2) is 4.01. The molecule has 96 valence electrons. The zero-order chi connectivity index (χ0) is 13.6. The molecule has 0 spiro atoms. The fraction of sp³-hybridized carbons (Fsp3) is 0.385. The highest BCUT2D eigenvalue weighted by atomic mass is 16.5. The van der Waals surface area contributed by atoms with Gasteiger partial charge in [-0.3, -0.25) is 9.59 Å². The smallest absolute Gasteiger partial charge is 0.210 e. The molecule has 1 aliphatic rings. The molecule has 0 saturated heterocycles. The maximum Gasteiger partial charge on any atom is 0.210 e. The lowest BCUT2D eigenvalue weighted by Crippen LogP contribution is -2.15. The lowest BCUT2D eigenvalue weighted by molar-refractivity contribution is 0.0877. The molecule has 5 heteroatoms. The van der Waals surface area contributed by atoms with E-state index in [0.717, 1.165) is 0 Å². The first kappa shape index (κ1) is 12.4. The largest absolute Gasteiger partial charge is 0.507 e. The van der Waals surface area contributed by atoms with Gasteiger partial charge in [0, 0.05) is 12.0 Å². The van der Waals surface area contributed by atoms with E-state index in [1.54, 1.807) is 20.8 Å². The maximum atomic E-state index is 11.9. The summed E-state index contributed by atoms with van der Waals surface area (Å²) in [5.74, 6) is -1.94. The molecule has 0 radical (unpaired) electrons. The minimum atomic E-state index is -0.713. The van der Waals surface area contributed by atoms with E-state index in [1.165, 1.54) is 6.07 Å². The lowest BCUT2D eigenvalue weighted by atomic mass is 9.95. The van der Waals surface area contributed by atoms with E-state index in [2.05, 4.69) is 0 Å². The van der Waals surface area contributed by atoms with Crippen LogP contribution < -0.4 is 4.74 Å². The lowest BCUT2D eigenvalue weighted by Gasteiger charge is -2.11. The summed E-state index contributed by atoms with van der Waals surface area (Å²) >= 11 is 0. The summed E-state index contributed by atoms with van der Waals surface area (Å²) in [7, 11) is 0. The Kier molecular flexibility index (Phi) is 2.77. The minimum Gasteiger partial charge on any atom is -0.507 e. The number of ether oxygens (including phenoxy) is 1. The Labute approximate surface area is 104 Å². The predicted octanol–water partition coefficient (Wildman–Crippen LogP) is 1.90. The van der Waals surface area contributed by atoms with Crippen LogP contribution in [0.2, 0.25) is 0 Å². The molecule has 0 saturated carbocycles. The Hall–Kier alpha value is -2.04. The molecule has 1 aromatic rings. The highest BCUT2D eigenvalue weighted by Crippen LogP contribution is 2.43. The van der Waals surface area contributed by atoms with Crippen molar-refractivity contribution in [2.75, 3.05) is 0 Å². The number of aromatic hydroxyl groups is 2. The molecule has 1 aromatic carbocycles. The van der Waals surface area contributed by atoms with E-state index in [9.17, 15) is 19.8 Å². The Morgan fingerprint density at radius 3 is 2.56 bits per heavy atom. The summed E-state index contributed by atoms with van der Waals surface area (Å²) in [5.41, 5.74) is -0.237. The van der Waals surface area contributed by atoms with Gasteiger partial charge in [0.05, 0.1) is 0 Å². The van der Waals surface area contributed by atoms with Gasteiger partial charge in [0.2, 0.25) is 5.78 Å². The van der Waals surface area contributed by atoms with Gasteiger partial charge < -0.3 is 14.9 Å². The summed E-state index contributed by atoms with van der Waals surface area (Å²) in [6.07, 6.45) is -0.713. The molecule has 0 amide bonds. The molecule has 2 N–H and O–H groups in total. The highest BCUT2D eigenvalue weighted by Gasteiger charge is 2.36. The zero-order valence-electron chi connectivity index (χ0n) is 10.4. The second-order valence-corrected chi connectivity index (χ2v) is 4.64. The van der Waals surface area contributed by atoms with E-state index in [1.807, 2.05) is 0 Å². The third kappa shape index (κ3) is 1.63. The molecule has 1 heterocycles. The number of Topliss-reactive ketones (excluding diaryl/α,β-unsaturated/α-hetero) is 2. The van der Waals surface area contributed by atoms with Crippen molar-refractivity contribution in [2.45, 2.75) is 26.9 Å². The number of fused-ring (bicyclic) bond motifs is 1. The standard InChI is InChI=1S/C13H14O5/c1-5(2)11(15)9-7(14)4-8-10(13(9)17)12(16)6(3)18-8/h4-6,14,17H,1-3H3. The number of ketones is 2. The van der Waals surface area contributed by atoms with Crippen LogP contribution >= 0.6 is 0 Å². The molecule has 0 fully saturated rings. The Balaban J connectivity index is 2.66. The number of carbonyl (C=O) groups excluding carboxylic acids is 2. The fourth-order valence-electron chi connectivity index (χ4n) is 1.94. The van der Waals surface area contributed by atoms with Crippen LogP contribution in [-0.2, 0) is 0 Å². The van der Waals surface area contributed by atoms with Gasteiger partial charge in [0.15, 0.2) is 11.9 Å². The number of phenolic OH excluding ortho intramolecular Hbond substituents is 2. The quantitative estimate of drug-likeness (QED) is 0.783. The van der Waals surface area contributed by atoms with Gasteiger partial charge in [-0.2, -0.15) is 0 Å². The topological polar surface area (TPSA) is 83.8 Å². The van der Waals surface area contributed by atoms with Gasteiger partial charge in [0.25, 0.3) is 0 Å². The normalized spacial score (nSPS) is 17.8. The molecule has 0 aromatic heterocycles. The fourth-order valence-corrected chi connectivity index (χ4v) is 1.94. The van der Waals surface area contributed by atoms with Gasteiger partial charge in [-0.15, -0.1) is 0 Å². The third-order valence-corrected chi connectivity index (χ3v) is 2.93. The van der Waals surface area contributed by atoms with E-state index < -0.39 is 23.6 Å². The molecule has 0 bridgehead atoms. The van der Waals surface area contributed by atoms with Crippen molar-refractivity contribution >= 4 is 11.6 Å². The van der Waals surface area contributed by atoms with Crippen LogP contribution in [0.1, 0.15) is 41.5 Å². The van der Waals surface area contributed by atoms with Crippen LogP contribution in [0.25, 0.3) is 0 Å². The molecule has 0 aliphatic carbocycles. The van der Waals surface area contributed by atoms with Crippen molar-refractivity contribution in [1.29, 1.82) is 0 Å². The molecular weight excluding hydrogens is 236 g/mol. The molecule has 1 unspecified atom stereocenters. The number of benzene rings is 1. The van der Waals surface area contributed by atoms with Crippen LogP contribution in [0.3, 0.4) is 0 Å². The molecular formula is C13H14O5. The summed E-state index contributed by atoms with van der Waals surface area (Å²) in [6, 6.07) is 1.20. The van der Waals surface area contributed by atoms with E-state index >= 15 is 0 Å². The zero-order valence-corrected chi connectivity index (χ0v) is 10.4. The van der Waals surface area contributed by atoms with Crippen molar-refractivity contribution in [3.63, 3.8) is 0 Å². The first-order valence-electron chi connectivity index (χ1n) is 5.68. The molecule has 5 nitrogen and oxygen atoms in total. The maximum absolute atomic E-state index is 11.9. The molecule has 1 atom stereocenters. The van der Waals surface area contributed by atoms with Gasteiger partial charge in [-0.05, 0) is 6.92 Å². The first-order valence-corrected chi connectivity index (χ1v) is 5.68. The van der Waals surface area contributed by atoms with Crippen molar-refractivity contribution in [3.8, 4) is 17.2 Å². The van der Waals surface area contributed by atoms with Crippen molar-refractivity contribution < 1.29 is 24.5 Å². The van der Waals surface area contributed by atoms with Crippen molar-refractivity contribution in [3.05, 3.63) is 17.2 Å². The SMILES string of the molecule is CC(C)C(=O)c1c(O)cc2c(c1O)C(=O)C(C)O2. The van der Waals surface area contributed by atoms with Gasteiger partial charge in [0.1, 0.15) is 28.4 Å². The Morgan fingerprint density at radius 1 is 1.39 bits per heavy atom. The average molecular weight is 250 g/mol. The van der Waals surface area contributed by atoms with Gasteiger partial charge in [-0.25, -0.2) is 0 Å². The number of carbonyl (C=O) groups is 2. The van der Waals surface area contributed by atoms with Gasteiger partial charge in [-0.1, -0.05) is 13.8 Å². The van der Waals surface area contributed by atoms with Gasteiger partial charge >= 0.3 is 0 Å². The van der Waals surface area contributed by atoms with Crippen LogP contribution in [0.4, 0.5) is 0 Å².